The first-order chi connectivity index (χ1) is 20.3. The lowest BCUT2D eigenvalue weighted by Gasteiger charge is -2.21. The van der Waals surface area contributed by atoms with Gasteiger partial charge in [0.1, 0.15) is 6.04 Å². The Bertz CT molecular complexity index is 1520. The molecule has 1 unspecified atom stereocenters. The van der Waals surface area contributed by atoms with Crippen LogP contribution in [0.15, 0.2) is 79.0 Å². The zero-order chi connectivity index (χ0) is 30.1. The van der Waals surface area contributed by atoms with Crippen LogP contribution in [-0.4, -0.2) is 33.7 Å². The molecule has 0 aliphatic carbocycles. The number of carbonyl (C=O) groups excluding carboxylic acids is 2. The van der Waals surface area contributed by atoms with Gasteiger partial charge in [0.15, 0.2) is 5.78 Å². The van der Waals surface area contributed by atoms with Crippen molar-refractivity contribution in [3.05, 3.63) is 107 Å². The van der Waals surface area contributed by atoms with Crippen LogP contribution >= 0.6 is 0 Å². The van der Waals surface area contributed by atoms with Crippen LogP contribution in [0.25, 0.3) is 5.52 Å². The molecule has 0 fully saturated rings. The minimum atomic E-state index is -0.833. The van der Waals surface area contributed by atoms with Crippen molar-refractivity contribution in [3.8, 4) is 0 Å². The number of aromatic nitrogens is 1. The van der Waals surface area contributed by atoms with Crippen LogP contribution in [0.4, 0.5) is 5.69 Å². The fourth-order valence-electron chi connectivity index (χ4n) is 5.20. The molecule has 2 heterocycles. The minimum absolute atomic E-state index is 0.0741. The van der Waals surface area contributed by atoms with Gasteiger partial charge >= 0.3 is 5.97 Å². The van der Waals surface area contributed by atoms with E-state index >= 15 is 0 Å². The number of ketones is 1. The van der Waals surface area contributed by atoms with E-state index in [1.54, 1.807) is 12.1 Å². The molecule has 4 rings (SSSR count). The van der Waals surface area contributed by atoms with Gasteiger partial charge in [-0.1, -0.05) is 69.7 Å². The van der Waals surface area contributed by atoms with Crippen molar-refractivity contribution < 1.29 is 19.5 Å². The summed E-state index contributed by atoms with van der Waals surface area (Å²) in [5.74, 6) is -0.531. The van der Waals surface area contributed by atoms with Gasteiger partial charge in [-0.3, -0.25) is 14.4 Å². The molecule has 7 heteroatoms. The summed E-state index contributed by atoms with van der Waals surface area (Å²) in [6.45, 7) is 7.06. The van der Waals surface area contributed by atoms with Gasteiger partial charge in [-0.15, -0.1) is 0 Å². The molecule has 0 saturated heterocycles. The average Bonchev–Trinajstić information content (AvgIpc) is 3.34. The Labute approximate surface area is 248 Å². The van der Waals surface area contributed by atoms with Crippen molar-refractivity contribution in [2.45, 2.75) is 65.3 Å². The molecule has 1 atom stereocenters. The number of carbonyl (C=O) groups is 3. The topological polar surface area (TPSA) is 99.9 Å². The van der Waals surface area contributed by atoms with E-state index in [0.717, 1.165) is 36.0 Å². The van der Waals surface area contributed by atoms with Crippen LogP contribution < -0.4 is 10.6 Å². The van der Waals surface area contributed by atoms with Crippen molar-refractivity contribution in [1.82, 2.24) is 9.72 Å². The number of fused-ring (bicyclic) bond motifs is 1. The number of benzene rings is 2. The summed E-state index contributed by atoms with van der Waals surface area (Å²) in [5.41, 5.74) is 5.51. The van der Waals surface area contributed by atoms with Gasteiger partial charge in [0.25, 0.3) is 0 Å². The van der Waals surface area contributed by atoms with E-state index in [1.165, 1.54) is 5.56 Å². The molecule has 4 aromatic rings. The van der Waals surface area contributed by atoms with E-state index < -0.39 is 12.0 Å². The number of anilines is 1. The number of carboxylic acids is 1. The number of nitrogens with zero attached hydrogens (tertiary/aromatic N) is 1. The largest absolute Gasteiger partial charge is 0.481 e. The molecule has 2 aromatic heterocycles. The van der Waals surface area contributed by atoms with Gasteiger partial charge in [0.2, 0.25) is 5.91 Å². The van der Waals surface area contributed by atoms with Gasteiger partial charge in [0, 0.05) is 41.7 Å². The van der Waals surface area contributed by atoms with Crippen LogP contribution in [0.1, 0.15) is 85.2 Å². The Morgan fingerprint density at radius 2 is 1.71 bits per heavy atom. The molecule has 220 valence electrons. The van der Waals surface area contributed by atoms with Crippen molar-refractivity contribution in [2.75, 3.05) is 11.9 Å². The normalized spacial score (nSPS) is 11.9. The van der Waals surface area contributed by atoms with Crippen LogP contribution in [0.2, 0.25) is 0 Å². The maximum atomic E-state index is 13.8. The molecule has 0 aliphatic heterocycles. The zero-order valence-corrected chi connectivity index (χ0v) is 24.7. The van der Waals surface area contributed by atoms with Gasteiger partial charge in [-0.25, -0.2) is 0 Å². The smallest absolute Gasteiger partial charge is 0.303 e. The number of rotatable bonds is 15. The zero-order valence-electron chi connectivity index (χ0n) is 24.7. The molecular weight excluding hydrogens is 526 g/mol. The lowest BCUT2D eigenvalue weighted by atomic mass is 9.98. The summed E-state index contributed by atoms with van der Waals surface area (Å²) in [4.78, 5) is 38.1. The second-order valence-electron chi connectivity index (χ2n) is 11.2. The van der Waals surface area contributed by atoms with Crippen LogP contribution in [-0.2, 0) is 22.4 Å². The second-order valence-corrected chi connectivity index (χ2v) is 11.2. The Morgan fingerprint density at radius 3 is 2.43 bits per heavy atom. The predicted molar refractivity (Wildman–Crippen MR) is 167 cm³/mol. The third-order valence-corrected chi connectivity index (χ3v) is 7.31. The Morgan fingerprint density at radius 1 is 0.929 bits per heavy atom. The predicted octanol–water partition coefficient (Wildman–Crippen LogP) is 6.85. The molecule has 7 nitrogen and oxygen atoms in total. The Balaban J connectivity index is 1.60. The van der Waals surface area contributed by atoms with Gasteiger partial charge in [-0.05, 0) is 73.1 Å². The maximum absolute atomic E-state index is 13.8. The molecule has 2 aromatic carbocycles. The highest BCUT2D eigenvalue weighted by molar-refractivity contribution is 6.14. The summed E-state index contributed by atoms with van der Waals surface area (Å²) < 4.78 is 1.96. The fraction of sp³-hybridized carbons (Fsp3) is 0.343. The molecule has 1 amide bonds. The lowest BCUT2D eigenvalue weighted by Crippen LogP contribution is -2.34. The number of pyridine rings is 1. The fourth-order valence-corrected chi connectivity index (χ4v) is 5.20. The first-order valence-corrected chi connectivity index (χ1v) is 14.9. The van der Waals surface area contributed by atoms with Crippen molar-refractivity contribution in [1.29, 1.82) is 0 Å². The summed E-state index contributed by atoms with van der Waals surface area (Å²) >= 11 is 0. The molecule has 0 bridgehead atoms. The number of carboxylic acid groups (broad SMARTS) is 1. The minimum Gasteiger partial charge on any atom is -0.481 e. The number of hydrogen-bond donors (Lipinski definition) is 3. The van der Waals surface area contributed by atoms with Crippen LogP contribution in [0.3, 0.4) is 0 Å². The average molecular weight is 568 g/mol. The van der Waals surface area contributed by atoms with Crippen molar-refractivity contribution >= 4 is 28.9 Å². The summed E-state index contributed by atoms with van der Waals surface area (Å²) in [6, 6.07) is 22.3. The Kier molecular flexibility index (Phi) is 10.5. The van der Waals surface area contributed by atoms with Crippen molar-refractivity contribution in [3.63, 3.8) is 0 Å². The van der Waals surface area contributed by atoms with E-state index in [4.69, 9.17) is 5.11 Å². The standard InChI is InChI=1S/C35H41N3O4/c1-4-5-19-36-35(42)33(26-17-15-25(16-18-26)21-24(2)3)37-28-11-8-10-27(22-28)34(41)30-23-29(12-9-14-32(39)40)38-20-7-6-13-31(30)38/h6-8,10-11,13,15-18,20,22-24,33,37H,4-5,9,12,14,19,21H2,1-3H3,(H,36,42)(H,39,40). The third kappa shape index (κ3) is 7.87. The molecule has 42 heavy (non-hydrogen) atoms. The van der Waals surface area contributed by atoms with E-state index in [2.05, 4.69) is 43.5 Å². The highest BCUT2D eigenvalue weighted by Crippen LogP contribution is 2.26. The summed E-state index contributed by atoms with van der Waals surface area (Å²) in [6.07, 6.45) is 5.88. The van der Waals surface area contributed by atoms with E-state index in [-0.39, 0.29) is 18.1 Å². The summed E-state index contributed by atoms with van der Waals surface area (Å²) in [5, 5.41) is 15.5. The maximum Gasteiger partial charge on any atom is 0.303 e. The third-order valence-electron chi connectivity index (χ3n) is 7.31. The molecular formula is C35H41N3O4. The van der Waals surface area contributed by atoms with Crippen LogP contribution in [0.5, 0.6) is 0 Å². The molecule has 0 saturated carbocycles. The highest BCUT2D eigenvalue weighted by Gasteiger charge is 2.22. The Hall–Kier alpha value is -4.39. The second kappa shape index (κ2) is 14.5. The van der Waals surface area contributed by atoms with Gasteiger partial charge in [0.05, 0.1) is 5.52 Å². The number of aliphatic carboxylic acids is 1. The quantitative estimate of drug-likeness (QED) is 0.108. The first kappa shape index (κ1) is 30.6. The number of unbranched alkanes of at least 4 members (excludes halogenated alkanes) is 1. The number of hydrogen-bond acceptors (Lipinski definition) is 4. The molecule has 0 spiro atoms. The van der Waals surface area contributed by atoms with Crippen LogP contribution in [0, 0.1) is 5.92 Å². The number of nitrogens with one attached hydrogen (secondary N) is 2. The van der Waals surface area contributed by atoms with Gasteiger partial charge in [-0.2, -0.15) is 0 Å². The number of aryl methyl sites for hydroxylation is 1. The lowest BCUT2D eigenvalue weighted by molar-refractivity contribution is -0.137. The number of amides is 1. The van der Waals surface area contributed by atoms with E-state index in [1.807, 2.05) is 59.1 Å². The summed E-state index contributed by atoms with van der Waals surface area (Å²) in [7, 11) is 0. The van der Waals surface area contributed by atoms with Gasteiger partial charge < -0.3 is 20.1 Å². The van der Waals surface area contributed by atoms with E-state index in [0.29, 0.717) is 42.1 Å². The first-order valence-electron chi connectivity index (χ1n) is 14.9. The molecule has 0 aliphatic rings. The molecule has 0 radical (unpaired) electrons. The van der Waals surface area contributed by atoms with Crippen molar-refractivity contribution in [2.24, 2.45) is 5.92 Å². The van der Waals surface area contributed by atoms with E-state index in [9.17, 15) is 14.4 Å². The highest BCUT2D eigenvalue weighted by atomic mass is 16.4. The SMILES string of the molecule is CCCCNC(=O)C(Nc1cccc(C(=O)c2cc(CCCC(=O)O)n3ccccc23)c1)c1ccc(CC(C)C)cc1. The molecule has 3 N–H and O–H groups in total. The monoisotopic (exact) mass is 567 g/mol.